The summed E-state index contributed by atoms with van der Waals surface area (Å²) < 4.78 is 2.60. The highest BCUT2D eigenvalue weighted by atomic mass is 32.1. The number of hydrogen-bond acceptors (Lipinski definition) is 3. The molecule has 63 heavy (non-hydrogen) atoms. The summed E-state index contributed by atoms with van der Waals surface area (Å²) in [6.45, 7) is 2.40. The van der Waals surface area contributed by atoms with E-state index in [1.807, 2.05) is 17.4 Å². The molecule has 0 N–H and O–H groups in total. The molecule has 0 saturated heterocycles. The van der Waals surface area contributed by atoms with Gasteiger partial charge in [0.05, 0.1) is 11.4 Å². The number of rotatable bonds is 7. The summed E-state index contributed by atoms with van der Waals surface area (Å²) in [4.78, 5) is 10.5. The highest BCUT2D eigenvalue weighted by Crippen LogP contribution is 2.56. The minimum absolute atomic E-state index is 0.340. The largest absolute Gasteiger partial charge is 0.228 e. The van der Waals surface area contributed by atoms with Crippen molar-refractivity contribution in [3.63, 3.8) is 0 Å². The molecule has 1 aliphatic carbocycles. The Morgan fingerprint density at radius 3 is 1.68 bits per heavy atom. The summed E-state index contributed by atoms with van der Waals surface area (Å²) in [6.07, 6.45) is 0. The van der Waals surface area contributed by atoms with Crippen LogP contribution in [0.15, 0.2) is 224 Å². The van der Waals surface area contributed by atoms with Crippen LogP contribution in [-0.4, -0.2) is 9.97 Å². The summed E-state index contributed by atoms with van der Waals surface area (Å²) >= 11 is 1.85. The van der Waals surface area contributed by atoms with Crippen molar-refractivity contribution in [2.24, 2.45) is 0 Å². The maximum atomic E-state index is 5.26. The molecular formula is C60H40N2S. The van der Waals surface area contributed by atoms with E-state index in [-0.39, 0.29) is 5.41 Å². The fourth-order valence-corrected chi connectivity index (χ4v) is 11.0. The third-order valence-electron chi connectivity index (χ3n) is 13.0. The predicted octanol–water partition coefficient (Wildman–Crippen LogP) is 16.2. The first-order valence-corrected chi connectivity index (χ1v) is 22.4. The Bertz CT molecular complexity index is 3520. The molecule has 11 aromatic rings. The first-order valence-electron chi connectivity index (χ1n) is 21.6. The Kier molecular flexibility index (Phi) is 8.84. The minimum atomic E-state index is -0.340. The normalized spacial score (nSPS) is 14.2. The molecule has 0 bridgehead atoms. The second-order valence-electron chi connectivity index (χ2n) is 16.6. The van der Waals surface area contributed by atoms with E-state index in [9.17, 15) is 0 Å². The van der Waals surface area contributed by atoms with Gasteiger partial charge in [-0.3, -0.25) is 0 Å². The van der Waals surface area contributed by atoms with Crippen molar-refractivity contribution < 1.29 is 0 Å². The van der Waals surface area contributed by atoms with Gasteiger partial charge in [0.15, 0.2) is 5.82 Å². The minimum Gasteiger partial charge on any atom is -0.228 e. The average molecular weight is 821 g/mol. The number of fused-ring (bicyclic) bond motifs is 6. The molecule has 1 atom stereocenters. The number of hydrogen-bond donors (Lipinski definition) is 0. The Morgan fingerprint density at radius 1 is 0.365 bits per heavy atom. The van der Waals surface area contributed by atoms with Crippen LogP contribution in [0.5, 0.6) is 0 Å². The quantitative estimate of drug-likeness (QED) is 0.160. The van der Waals surface area contributed by atoms with Crippen molar-refractivity contribution in [2.45, 2.75) is 12.3 Å². The molecule has 296 valence electrons. The predicted molar refractivity (Wildman–Crippen MR) is 265 cm³/mol. The van der Waals surface area contributed by atoms with Crippen molar-refractivity contribution in [3.8, 4) is 78.4 Å². The molecule has 2 heterocycles. The lowest BCUT2D eigenvalue weighted by Crippen LogP contribution is -2.22. The van der Waals surface area contributed by atoms with Crippen LogP contribution in [-0.2, 0) is 5.41 Å². The van der Waals surface area contributed by atoms with Gasteiger partial charge in [-0.05, 0) is 105 Å². The second kappa shape index (κ2) is 15.0. The monoisotopic (exact) mass is 820 g/mol. The number of benzene rings is 9. The third-order valence-corrected chi connectivity index (χ3v) is 14.1. The SMILES string of the molecule is CC1(c2ccccc2)c2cc(-c3cccc(-c4cc(-c5cccc(-c6cccc7sc8ccccc8c67)c5)nc(-c5ccccc5)n4)c3)ccc2-c2c(-c3ccccc3)cccc21. The lowest BCUT2D eigenvalue weighted by molar-refractivity contribution is 0.714. The molecule has 12 rings (SSSR count). The van der Waals surface area contributed by atoms with Crippen molar-refractivity contribution in [2.75, 3.05) is 0 Å². The van der Waals surface area contributed by atoms with Gasteiger partial charge in [0.1, 0.15) is 0 Å². The van der Waals surface area contributed by atoms with Gasteiger partial charge in [-0.25, -0.2) is 9.97 Å². The van der Waals surface area contributed by atoms with Crippen LogP contribution in [0.2, 0.25) is 0 Å². The Morgan fingerprint density at radius 2 is 0.921 bits per heavy atom. The molecule has 2 aromatic heterocycles. The molecule has 1 aliphatic rings. The van der Waals surface area contributed by atoms with Gasteiger partial charge in [-0.1, -0.05) is 188 Å². The molecule has 0 fully saturated rings. The highest BCUT2D eigenvalue weighted by Gasteiger charge is 2.42. The summed E-state index contributed by atoms with van der Waals surface area (Å²) in [5.41, 5.74) is 18.3. The maximum absolute atomic E-state index is 5.26. The van der Waals surface area contributed by atoms with E-state index >= 15 is 0 Å². The van der Waals surface area contributed by atoms with E-state index in [0.717, 1.165) is 33.6 Å². The fourth-order valence-electron chi connectivity index (χ4n) is 9.88. The first-order chi connectivity index (χ1) is 31.1. The smallest absolute Gasteiger partial charge is 0.160 e. The third kappa shape index (κ3) is 6.23. The molecular weight excluding hydrogens is 781 g/mol. The van der Waals surface area contributed by atoms with Gasteiger partial charge in [0.25, 0.3) is 0 Å². The van der Waals surface area contributed by atoms with E-state index in [0.29, 0.717) is 5.82 Å². The van der Waals surface area contributed by atoms with E-state index in [4.69, 9.17) is 9.97 Å². The zero-order valence-electron chi connectivity index (χ0n) is 34.7. The topological polar surface area (TPSA) is 25.8 Å². The van der Waals surface area contributed by atoms with E-state index in [1.165, 1.54) is 75.8 Å². The molecule has 2 nitrogen and oxygen atoms in total. The van der Waals surface area contributed by atoms with Gasteiger partial charge in [-0.15, -0.1) is 11.3 Å². The summed E-state index contributed by atoms with van der Waals surface area (Å²) in [5.74, 6) is 0.702. The van der Waals surface area contributed by atoms with E-state index in [1.54, 1.807) is 0 Å². The lowest BCUT2D eigenvalue weighted by Gasteiger charge is -2.29. The molecule has 0 radical (unpaired) electrons. The van der Waals surface area contributed by atoms with Crippen molar-refractivity contribution in [1.29, 1.82) is 0 Å². The zero-order valence-corrected chi connectivity index (χ0v) is 35.5. The van der Waals surface area contributed by atoms with Gasteiger partial charge < -0.3 is 0 Å². The van der Waals surface area contributed by atoms with Crippen LogP contribution >= 0.6 is 11.3 Å². The molecule has 0 spiro atoms. The van der Waals surface area contributed by atoms with Crippen LogP contribution in [0, 0.1) is 0 Å². The van der Waals surface area contributed by atoms with Crippen LogP contribution in [0.4, 0.5) is 0 Å². The van der Waals surface area contributed by atoms with E-state index < -0.39 is 0 Å². The Hall–Kier alpha value is -7.72. The lowest BCUT2D eigenvalue weighted by atomic mass is 9.73. The number of nitrogens with zero attached hydrogens (tertiary/aromatic N) is 2. The molecule has 3 heteroatoms. The van der Waals surface area contributed by atoms with Crippen molar-refractivity contribution in [3.05, 3.63) is 241 Å². The molecule has 0 saturated carbocycles. The van der Waals surface area contributed by atoms with E-state index in [2.05, 4.69) is 225 Å². The number of aromatic nitrogens is 2. The maximum Gasteiger partial charge on any atom is 0.160 e. The molecule has 9 aromatic carbocycles. The average Bonchev–Trinajstić information content (AvgIpc) is 3.88. The van der Waals surface area contributed by atoms with Crippen LogP contribution in [0.3, 0.4) is 0 Å². The highest BCUT2D eigenvalue weighted by molar-refractivity contribution is 7.25. The Labute approximate surface area is 371 Å². The summed E-state index contributed by atoms with van der Waals surface area (Å²) in [6, 6.07) is 81.2. The number of thiophene rings is 1. The summed E-state index contributed by atoms with van der Waals surface area (Å²) in [7, 11) is 0. The van der Waals surface area contributed by atoms with Crippen LogP contribution in [0.25, 0.3) is 98.6 Å². The van der Waals surface area contributed by atoms with Gasteiger partial charge in [0, 0.05) is 42.3 Å². The zero-order chi connectivity index (χ0) is 41.9. The standard InChI is InChI=1S/C60H40N2S/c1-60(46-25-9-4-10-26-46)51-30-15-28-47(39-17-5-2-6-18-39)57(51)49-34-33-42(37-52(49)60)41-21-13-23-44(35-41)53-38-54(62-59(61-53)40-19-7-3-8-20-40)45-24-14-22-43(36-45)48-29-16-32-56-58(48)50-27-11-12-31-55(50)63-56/h2-38H,1H3. The Balaban J connectivity index is 0.983. The van der Waals surface area contributed by atoms with Crippen LogP contribution < -0.4 is 0 Å². The molecule has 0 aliphatic heterocycles. The first kappa shape index (κ1) is 37.1. The van der Waals surface area contributed by atoms with Crippen LogP contribution in [0.1, 0.15) is 23.6 Å². The van der Waals surface area contributed by atoms with Crippen molar-refractivity contribution in [1.82, 2.24) is 9.97 Å². The molecule has 0 amide bonds. The molecule has 1 unspecified atom stereocenters. The van der Waals surface area contributed by atoms with Gasteiger partial charge >= 0.3 is 0 Å². The van der Waals surface area contributed by atoms with Gasteiger partial charge in [-0.2, -0.15) is 0 Å². The second-order valence-corrected chi connectivity index (χ2v) is 17.7. The fraction of sp³-hybridized carbons (Fsp3) is 0.0333. The summed E-state index contributed by atoms with van der Waals surface area (Å²) in [5, 5.41) is 2.60. The van der Waals surface area contributed by atoms with Gasteiger partial charge in [0.2, 0.25) is 0 Å². The van der Waals surface area contributed by atoms with Crippen molar-refractivity contribution >= 4 is 31.5 Å².